The first-order valence-electron chi connectivity index (χ1n) is 8.23. The van der Waals surface area contributed by atoms with Crippen molar-refractivity contribution in [3.05, 3.63) is 58.6 Å². The van der Waals surface area contributed by atoms with E-state index in [2.05, 4.69) is 26.6 Å². The summed E-state index contributed by atoms with van der Waals surface area (Å²) in [5, 5.41) is 5.32. The number of rotatable bonds is 9. The number of ether oxygens (including phenoxy) is 2. The lowest BCUT2D eigenvalue weighted by atomic mass is 10.2. The zero-order valence-corrected chi connectivity index (χ0v) is 16.0. The first-order valence-corrected chi connectivity index (χ1v) is 9.02. The summed E-state index contributed by atoms with van der Waals surface area (Å²) in [6.45, 7) is 3.17. The lowest BCUT2D eigenvalue weighted by Crippen LogP contribution is -2.33. The summed E-state index contributed by atoms with van der Waals surface area (Å²) >= 11 is 3.33. The summed E-state index contributed by atoms with van der Waals surface area (Å²) in [6, 6.07) is 14.1. The van der Waals surface area contributed by atoms with E-state index in [4.69, 9.17) is 9.47 Å². The predicted octanol–water partition coefficient (Wildman–Crippen LogP) is 3.23. The van der Waals surface area contributed by atoms with E-state index in [0.29, 0.717) is 36.8 Å². The van der Waals surface area contributed by atoms with Crippen molar-refractivity contribution in [2.45, 2.75) is 6.92 Å². The standard InChI is InChI=1S/C19H21BrN2O4/c1-2-25-11-12-26-17-6-4-3-5-16(17)19(24)21-13-18(23)22-15-9-7-14(20)8-10-15/h3-10H,2,11-13H2,1H3,(H,21,24)(H,22,23). The number of anilines is 1. The molecule has 138 valence electrons. The smallest absolute Gasteiger partial charge is 0.255 e. The number of hydrogen-bond donors (Lipinski definition) is 2. The Morgan fingerprint density at radius 3 is 2.50 bits per heavy atom. The van der Waals surface area contributed by atoms with Gasteiger partial charge in [-0.05, 0) is 43.3 Å². The normalized spacial score (nSPS) is 10.2. The molecule has 2 N–H and O–H groups in total. The van der Waals surface area contributed by atoms with Gasteiger partial charge < -0.3 is 20.1 Å². The zero-order valence-electron chi connectivity index (χ0n) is 14.5. The third-order valence-electron chi connectivity index (χ3n) is 3.36. The molecule has 0 aromatic heterocycles. The molecule has 2 aromatic carbocycles. The van der Waals surface area contributed by atoms with E-state index in [1.54, 1.807) is 36.4 Å². The highest BCUT2D eigenvalue weighted by molar-refractivity contribution is 9.10. The van der Waals surface area contributed by atoms with E-state index in [1.165, 1.54) is 0 Å². The van der Waals surface area contributed by atoms with Gasteiger partial charge in [0.2, 0.25) is 5.91 Å². The van der Waals surface area contributed by atoms with Crippen LogP contribution >= 0.6 is 15.9 Å². The molecule has 2 amide bonds. The van der Waals surface area contributed by atoms with Gasteiger partial charge in [0.25, 0.3) is 5.91 Å². The second-order valence-corrected chi connectivity index (χ2v) is 6.19. The van der Waals surface area contributed by atoms with Gasteiger partial charge in [-0.2, -0.15) is 0 Å². The Kier molecular flexibility index (Phi) is 8.11. The molecule has 2 rings (SSSR count). The van der Waals surface area contributed by atoms with Crippen LogP contribution in [0, 0.1) is 0 Å². The van der Waals surface area contributed by atoms with E-state index >= 15 is 0 Å². The Morgan fingerprint density at radius 1 is 1.04 bits per heavy atom. The molecule has 7 heteroatoms. The molecule has 0 bridgehead atoms. The average molecular weight is 421 g/mol. The maximum absolute atomic E-state index is 12.3. The first-order chi connectivity index (χ1) is 12.6. The van der Waals surface area contributed by atoms with Crippen molar-refractivity contribution in [3.8, 4) is 5.75 Å². The fourth-order valence-electron chi connectivity index (χ4n) is 2.13. The average Bonchev–Trinajstić information content (AvgIpc) is 2.65. The number of halogens is 1. The maximum atomic E-state index is 12.3. The minimum atomic E-state index is -0.372. The number of carbonyl (C=O) groups excluding carboxylic acids is 2. The number of nitrogens with one attached hydrogen (secondary N) is 2. The van der Waals surface area contributed by atoms with Crippen LogP contribution in [0.15, 0.2) is 53.0 Å². The Bertz CT molecular complexity index is 735. The van der Waals surface area contributed by atoms with E-state index in [-0.39, 0.29) is 18.4 Å². The predicted molar refractivity (Wildman–Crippen MR) is 104 cm³/mol. The molecule has 0 radical (unpaired) electrons. The molecule has 0 saturated carbocycles. The monoisotopic (exact) mass is 420 g/mol. The summed E-state index contributed by atoms with van der Waals surface area (Å²) in [5.74, 6) is -0.226. The van der Waals surface area contributed by atoms with Gasteiger partial charge in [0.15, 0.2) is 0 Å². The molecular weight excluding hydrogens is 400 g/mol. The van der Waals surface area contributed by atoms with Gasteiger partial charge in [0.05, 0.1) is 18.7 Å². The maximum Gasteiger partial charge on any atom is 0.255 e. The summed E-state index contributed by atoms with van der Waals surface area (Å²) in [6.07, 6.45) is 0. The fourth-order valence-corrected chi connectivity index (χ4v) is 2.39. The van der Waals surface area contributed by atoms with Gasteiger partial charge in [-0.1, -0.05) is 28.1 Å². The van der Waals surface area contributed by atoms with Crippen molar-refractivity contribution in [3.63, 3.8) is 0 Å². The molecule has 0 aliphatic rings. The van der Waals surface area contributed by atoms with Gasteiger partial charge in [-0.25, -0.2) is 0 Å². The van der Waals surface area contributed by atoms with Crippen molar-refractivity contribution in [2.75, 3.05) is 31.7 Å². The minimum absolute atomic E-state index is 0.137. The number of amides is 2. The van der Waals surface area contributed by atoms with Gasteiger partial charge in [0, 0.05) is 16.8 Å². The van der Waals surface area contributed by atoms with Crippen LogP contribution in [-0.4, -0.2) is 38.2 Å². The summed E-state index contributed by atoms with van der Waals surface area (Å²) in [4.78, 5) is 24.3. The summed E-state index contributed by atoms with van der Waals surface area (Å²) < 4.78 is 11.7. The molecule has 0 saturated heterocycles. The molecule has 6 nitrogen and oxygen atoms in total. The molecule has 0 unspecified atom stereocenters. The largest absolute Gasteiger partial charge is 0.490 e. The quantitative estimate of drug-likeness (QED) is 0.610. The molecule has 26 heavy (non-hydrogen) atoms. The fraction of sp³-hybridized carbons (Fsp3) is 0.263. The van der Waals surface area contributed by atoms with Crippen molar-refractivity contribution in [2.24, 2.45) is 0 Å². The molecular formula is C19H21BrN2O4. The van der Waals surface area contributed by atoms with E-state index in [1.807, 2.05) is 19.1 Å². The van der Waals surface area contributed by atoms with Crippen molar-refractivity contribution in [1.29, 1.82) is 0 Å². The Hall–Kier alpha value is -2.38. The van der Waals surface area contributed by atoms with Crippen molar-refractivity contribution < 1.29 is 19.1 Å². The van der Waals surface area contributed by atoms with Crippen LogP contribution in [0.1, 0.15) is 17.3 Å². The molecule has 0 fully saturated rings. The van der Waals surface area contributed by atoms with Gasteiger partial charge in [0.1, 0.15) is 12.4 Å². The number of benzene rings is 2. The van der Waals surface area contributed by atoms with Crippen LogP contribution in [0.3, 0.4) is 0 Å². The van der Waals surface area contributed by atoms with E-state index in [0.717, 1.165) is 4.47 Å². The van der Waals surface area contributed by atoms with Crippen LogP contribution in [0.25, 0.3) is 0 Å². The number of hydrogen-bond acceptors (Lipinski definition) is 4. The van der Waals surface area contributed by atoms with Crippen LogP contribution in [0.2, 0.25) is 0 Å². The van der Waals surface area contributed by atoms with Crippen LogP contribution < -0.4 is 15.4 Å². The van der Waals surface area contributed by atoms with Crippen LogP contribution in [0.4, 0.5) is 5.69 Å². The van der Waals surface area contributed by atoms with Crippen LogP contribution in [0.5, 0.6) is 5.75 Å². The lowest BCUT2D eigenvalue weighted by Gasteiger charge is -2.12. The summed E-state index contributed by atoms with van der Waals surface area (Å²) in [7, 11) is 0. The van der Waals surface area contributed by atoms with Gasteiger partial charge in [-0.3, -0.25) is 9.59 Å². The molecule has 0 atom stereocenters. The SMILES string of the molecule is CCOCCOc1ccccc1C(=O)NCC(=O)Nc1ccc(Br)cc1. The minimum Gasteiger partial charge on any atom is -0.490 e. The summed E-state index contributed by atoms with van der Waals surface area (Å²) in [5.41, 5.74) is 1.03. The number of para-hydroxylation sites is 1. The third kappa shape index (κ3) is 6.50. The molecule has 2 aromatic rings. The Labute approximate surface area is 161 Å². The highest BCUT2D eigenvalue weighted by Crippen LogP contribution is 2.18. The lowest BCUT2D eigenvalue weighted by molar-refractivity contribution is -0.115. The van der Waals surface area contributed by atoms with E-state index < -0.39 is 0 Å². The third-order valence-corrected chi connectivity index (χ3v) is 3.89. The Balaban J connectivity index is 1.87. The number of carbonyl (C=O) groups is 2. The molecule has 0 aliphatic carbocycles. The van der Waals surface area contributed by atoms with Crippen LogP contribution in [-0.2, 0) is 9.53 Å². The highest BCUT2D eigenvalue weighted by Gasteiger charge is 2.13. The van der Waals surface area contributed by atoms with E-state index in [9.17, 15) is 9.59 Å². The highest BCUT2D eigenvalue weighted by atomic mass is 79.9. The Morgan fingerprint density at radius 2 is 1.77 bits per heavy atom. The first kappa shape index (κ1) is 19.9. The topological polar surface area (TPSA) is 76.7 Å². The molecule has 0 spiro atoms. The second-order valence-electron chi connectivity index (χ2n) is 5.28. The van der Waals surface area contributed by atoms with Crippen molar-refractivity contribution >= 4 is 33.4 Å². The second kappa shape index (κ2) is 10.6. The van der Waals surface area contributed by atoms with Gasteiger partial charge >= 0.3 is 0 Å². The molecule has 0 aliphatic heterocycles. The van der Waals surface area contributed by atoms with Crippen molar-refractivity contribution in [1.82, 2.24) is 5.32 Å². The molecule has 0 heterocycles. The zero-order chi connectivity index (χ0) is 18.8. The van der Waals surface area contributed by atoms with Gasteiger partial charge in [-0.15, -0.1) is 0 Å².